The zero-order valence-corrected chi connectivity index (χ0v) is 23.9. The van der Waals surface area contributed by atoms with Crippen LogP contribution in [0.2, 0.25) is 5.02 Å². The van der Waals surface area contributed by atoms with Gasteiger partial charge < -0.3 is 19.6 Å². The van der Waals surface area contributed by atoms with Gasteiger partial charge in [0.2, 0.25) is 5.88 Å². The lowest BCUT2D eigenvalue weighted by Crippen LogP contribution is -2.45. The number of ether oxygens (including phenoxy) is 1. The molecule has 0 unspecified atom stereocenters. The number of carbonyl (C=O) groups excluding carboxylic acids is 1. The Morgan fingerprint density at radius 2 is 1.98 bits per heavy atom. The molecule has 0 saturated carbocycles. The SMILES string of the molecule is CCOC(=O)N1CCC(N(C)c2nc(O)c(C(Cc3ccc(Cl)cc3C(F)(F)F)=c3ccc4c(c3)C=NN=4)s2)CC1. The van der Waals surface area contributed by atoms with Crippen molar-refractivity contribution in [3.63, 3.8) is 0 Å². The van der Waals surface area contributed by atoms with Crippen LogP contribution in [-0.4, -0.2) is 60.1 Å². The molecule has 0 aliphatic carbocycles. The molecule has 2 aromatic carbocycles. The van der Waals surface area contributed by atoms with Gasteiger partial charge in [0.05, 0.1) is 28.6 Å². The van der Waals surface area contributed by atoms with E-state index < -0.39 is 11.7 Å². The predicted octanol–water partition coefficient (Wildman–Crippen LogP) is 4.99. The predicted molar refractivity (Wildman–Crippen MR) is 151 cm³/mol. The first-order valence-electron chi connectivity index (χ1n) is 13.0. The van der Waals surface area contributed by atoms with Crippen LogP contribution in [0.1, 0.15) is 41.3 Å². The van der Waals surface area contributed by atoms with Crippen LogP contribution in [0.25, 0.3) is 5.57 Å². The molecule has 3 aromatic rings. The topological polar surface area (TPSA) is 90.6 Å². The number of halogens is 4. The first kappa shape index (κ1) is 28.9. The minimum absolute atomic E-state index is 0.0171. The highest BCUT2D eigenvalue weighted by Crippen LogP contribution is 2.40. The molecule has 1 amide bonds. The average Bonchev–Trinajstić information content (AvgIpc) is 3.57. The second-order valence-corrected chi connectivity index (χ2v) is 11.2. The molecule has 2 aliphatic heterocycles. The van der Waals surface area contributed by atoms with Crippen molar-refractivity contribution in [1.82, 2.24) is 9.88 Å². The van der Waals surface area contributed by atoms with Crippen molar-refractivity contribution >= 4 is 46.0 Å². The Hall–Kier alpha value is -3.64. The largest absolute Gasteiger partial charge is 0.492 e. The van der Waals surface area contributed by atoms with E-state index in [4.69, 9.17) is 16.3 Å². The number of nitrogens with zero attached hydrogens (tertiary/aromatic N) is 5. The summed E-state index contributed by atoms with van der Waals surface area (Å²) in [5.41, 5.74) is 0.384. The molecule has 8 nitrogen and oxygen atoms in total. The first-order chi connectivity index (χ1) is 19.5. The summed E-state index contributed by atoms with van der Waals surface area (Å²) in [6.45, 7) is 3.12. The van der Waals surface area contributed by atoms with E-state index in [0.29, 0.717) is 58.7 Å². The fourth-order valence-corrected chi connectivity index (χ4v) is 6.25. The van der Waals surface area contributed by atoms with Crippen LogP contribution in [0.3, 0.4) is 0 Å². The van der Waals surface area contributed by atoms with Crippen LogP contribution >= 0.6 is 22.9 Å². The third-order valence-corrected chi connectivity index (χ3v) is 8.62. The molecule has 0 atom stereocenters. The number of likely N-dealkylation sites (tertiary alicyclic amines) is 1. The molecule has 1 aromatic heterocycles. The van der Waals surface area contributed by atoms with Gasteiger partial charge in [-0.1, -0.05) is 35.1 Å². The van der Waals surface area contributed by atoms with E-state index in [-0.39, 0.29) is 35.0 Å². The number of piperidine rings is 1. The molecule has 1 N–H and O–H groups in total. The highest BCUT2D eigenvalue weighted by atomic mass is 35.5. The first-order valence-corrected chi connectivity index (χ1v) is 14.2. The van der Waals surface area contributed by atoms with Crippen LogP contribution < -0.4 is 15.5 Å². The molecule has 5 rings (SSSR count). The van der Waals surface area contributed by atoms with Crippen LogP contribution in [0.4, 0.5) is 23.1 Å². The molecule has 216 valence electrons. The van der Waals surface area contributed by atoms with Gasteiger partial charge in [0.15, 0.2) is 5.13 Å². The molecular weight excluding hydrogens is 579 g/mol. The number of benzene rings is 2. The molecular formula is C28H27ClF3N5O3S. The summed E-state index contributed by atoms with van der Waals surface area (Å²) in [6, 6.07) is 9.03. The van der Waals surface area contributed by atoms with Gasteiger partial charge in [0.25, 0.3) is 0 Å². The lowest BCUT2D eigenvalue weighted by molar-refractivity contribution is -0.138. The van der Waals surface area contributed by atoms with Crippen molar-refractivity contribution in [2.75, 3.05) is 31.6 Å². The number of carbonyl (C=O) groups is 1. The van der Waals surface area contributed by atoms with Gasteiger partial charge in [0, 0.05) is 43.2 Å². The van der Waals surface area contributed by atoms with E-state index in [1.54, 1.807) is 36.2 Å². The van der Waals surface area contributed by atoms with Gasteiger partial charge in [-0.3, -0.25) is 0 Å². The average molecular weight is 606 g/mol. The summed E-state index contributed by atoms with van der Waals surface area (Å²) in [5, 5.41) is 20.7. The van der Waals surface area contributed by atoms with E-state index >= 15 is 0 Å². The fraction of sp³-hybridized carbons (Fsp3) is 0.357. The number of hydrogen-bond donors (Lipinski definition) is 1. The number of amides is 1. The second-order valence-electron chi connectivity index (χ2n) is 9.75. The van der Waals surface area contributed by atoms with Gasteiger partial charge in [0.1, 0.15) is 0 Å². The van der Waals surface area contributed by atoms with Crippen molar-refractivity contribution in [2.45, 2.75) is 38.4 Å². The Balaban J connectivity index is 1.51. The zero-order valence-electron chi connectivity index (χ0n) is 22.3. The van der Waals surface area contributed by atoms with E-state index in [1.807, 2.05) is 11.9 Å². The Morgan fingerprint density at radius 1 is 1.22 bits per heavy atom. The molecule has 13 heteroatoms. The van der Waals surface area contributed by atoms with Gasteiger partial charge in [-0.05, 0) is 60.4 Å². The third kappa shape index (κ3) is 6.18. The van der Waals surface area contributed by atoms with Crippen LogP contribution in [-0.2, 0) is 17.3 Å². The number of fused-ring (bicyclic) bond motifs is 1. The molecule has 1 fully saturated rings. The van der Waals surface area contributed by atoms with Crippen molar-refractivity contribution in [1.29, 1.82) is 0 Å². The lowest BCUT2D eigenvalue weighted by atomic mass is 9.96. The zero-order chi connectivity index (χ0) is 29.3. The minimum atomic E-state index is -4.62. The third-order valence-electron chi connectivity index (χ3n) is 7.19. The Morgan fingerprint density at radius 3 is 2.68 bits per heavy atom. The van der Waals surface area contributed by atoms with Crippen molar-refractivity contribution in [3.8, 4) is 5.88 Å². The van der Waals surface area contributed by atoms with Crippen molar-refractivity contribution < 1.29 is 27.8 Å². The number of aromatic hydroxyl groups is 1. The Bertz CT molecular complexity index is 1620. The molecule has 41 heavy (non-hydrogen) atoms. The monoisotopic (exact) mass is 605 g/mol. The summed E-state index contributed by atoms with van der Waals surface area (Å²) in [6.07, 6.45) is -2.16. The summed E-state index contributed by atoms with van der Waals surface area (Å²) in [7, 11) is 1.86. The molecule has 3 heterocycles. The second kappa shape index (κ2) is 11.7. The maximum Gasteiger partial charge on any atom is 0.416 e. The standard InChI is InChI=1S/C28H27ClF3N5O3S/c1-3-40-27(39)37-10-8-20(9-11-37)36(2)26-34-25(38)24(41-26)21(16-5-7-23-18(12-16)15-33-35-23)13-17-4-6-19(29)14-22(17)28(30,31)32/h4-7,12,14-15,20,38H,3,8-11,13H2,1-2H3. The molecule has 0 spiro atoms. The van der Waals surface area contributed by atoms with E-state index in [9.17, 15) is 23.1 Å². The van der Waals surface area contributed by atoms with Crippen LogP contribution in [0.15, 0.2) is 46.6 Å². The normalized spacial score (nSPS) is 15.9. The smallest absolute Gasteiger partial charge is 0.416 e. The highest BCUT2D eigenvalue weighted by molar-refractivity contribution is 7.17. The minimum Gasteiger partial charge on any atom is -0.492 e. The van der Waals surface area contributed by atoms with Crippen molar-refractivity contribution in [2.24, 2.45) is 10.2 Å². The number of rotatable bonds is 6. The maximum atomic E-state index is 14.0. The number of alkyl halides is 3. The Kier molecular flexibility index (Phi) is 8.23. The van der Waals surface area contributed by atoms with E-state index in [0.717, 1.165) is 11.6 Å². The summed E-state index contributed by atoms with van der Waals surface area (Å²) in [5.74, 6) is -0.266. The number of thiazole rings is 1. The van der Waals surface area contributed by atoms with Crippen LogP contribution in [0, 0.1) is 0 Å². The summed E-state index contributed by atoms with van der Waals surface area (Å²) < 4.78 is 47.0. The quantitative estimate of drug-likeness (QED) is 0.428. The molecule has 2 aliphatic rings. The molecule has 0 bridgehead atoms. The molecule has 1 saturated heterocycles. The molecule has 0 radical (unpaired) electrons. The van der Waals surface area contributed by atoms with Gasteiger partial charge >= 0.3 is 12.3 Å². The van der Waals surface area contributed by atoms with E-state index in [2.05, 4.69) is 15.2 Å². The van der Waals surface area contributed by atoms with Gasteiger partial charge in [-0.15, -0.1) is 0 Å². The van der Waals surface area contributed by atoms with Gasteiger partial charge in [-0.25, -0.2) is 4.79 Å². The maximum absolute atomic E-state index is 14.0. The van der Waals surface area contributed by atoms with Crippen LogP contribution in [0.5, 0.6) is 5.88 Å². The summed E-state index contributed by atoms with van der Waals surface area (Å²) >= 11 is 7.13. The van der Waals surface area contributed by atoms with E-state index in [1.165, 1.54) is 23.5 Å². The Labute approximate surface area is 243 Å². The fourth-order valence-electron chi connectivity index (χ4n) is 5.02. The van der Waals surface area contributed by atoms with Crippen molar-refractivity contribution in [3.05, 3.63) is 73.6 Å². The lowest BCUT2D eigenvalue weighted by Gasteiger charge is -2.36. The number of aromatic nitrogens is 1. The van der Waals surface area contributed by atoms with Gasteiger partial charge in [-0.2, -0.15) is 28.4 Å². The highest BCUT2D eigenvalue weighted by Gasteiger charge is 2.34. The summed E-state index contributed by atoms with van der Waals surface area (Å²) in [4.78, 5) is 20.5. The number of anilines is 1. The number of hydrogen-bond acceptors (Lipinski definition) is 8.